The number of hydrogen-bond donors (Lipinski definition) is 0. The van der Waals surface area contributed by atoms with E-state index in [0.29, 0.717) is 7.35 Å². The van der Waals surface area contributed by atoms with E-state index < -0.39 is 0 Å². The van der Waals surface area contributed by atoms with Gasteiger partial charge in [0.15, 0.2) is 0 Å². The molecule has 0 amide bonds. The van der Waals surface area contributed by atoms with Gasteiger partial charge in [-0.05, 0) is 0 Å². The Morgan fingerprint density at radius 3 is 2.54 bits per heavy atom. The van der Waals surface area contributed by atoms with Gasteiger partial charge in [-0.15, -0.1) is 0 Å². The van der Waals surface area contributed by atoms with Crippen LogP contribution in [0.4, 0.5) is 0 Å². The van der Waals surface area contributed by atoms with Crippen LogP contribution in [0.15, 0.2) is 12.3 Å². The van der Waals surface area contributed by atoms with Gasteiger partial charge in [0, 0.05) is 0 Å². The molecule has 0 aromatic heterocycles. The average Bonchev–Trinajstić information content (AvgIpc) is 2.16. The summed E-state index contributed by atoms with van der Waals surface area (Å²) in [5.74, 6) is 0. The van der Waals surface area contributed by atoms with Crippen molar-refractivity contribution < 1.29 is 9.36 Å². The first-order chi connectivity index (χ1) is 6.41. The first-order valence-corrected chi connectivity index (χ1v) is 5.16. The van der Waals surface area contributed by atoms with Gasteiger partial charge in [0.2, 0.25) is 0 Å². The van der Waals surface area contributed by atoms with E-state index in [4.69, 9.17) is 0 Å². The Bertz CT molecular complexity index is 135. The molecular formula is C10H19BO2. The molecule has 0 bridgehead atoms. The van der Waals surface area contributed by atoms with Crippen LogP contribution in [0.25, 0.3) is 0 Å². The molecule has 0 aromatic carbocycles. The van der Waals surface area contributed by atoms with Crippen LogP contribution in [0.2, 0.25) is 0 Å². The van der Waals surface area contributed by atoms with E-state index in [0.717, 1.165) is 6.42 Å². The van der Waals surface area contributed by atoms with Crippen molar-refractivity contribution in [1.82, 2.24) is 0 Å². The van der Waals surface area contributed by atoms with Crippen LogP contribution in [-0.2, 0) is 9.36 Å². The summed E-state index contributed by atoms with van der Waals surface area (Å²) in [4.78, 5) is 0. The van der Waals surface area contributed by atoms with Crippen LogP contribution in [-0.4, -0.2) is 7.35 Å². The zero-order valence-electron chi connectivity index (χ0n) is 8.50. The van der Waals surface area contributed by atoms with Crippen molar-refractivity contribution in [1.29, 1.82) is 0 Å². The van der Waals surface area contributed by atoms with Crippen molar-refractivity contribution in [3.63, 3.8) is 0 Å². The predicted molar refractivity (Wildman–Crippen MR) is 54.7 cm³/mol. The van der Waals surface area contributed by atoms with Crippen LogP contribution in [0.3, 0.4) is 0 Å². The molecular weight excluding hydrogens is 163 g/mol. The Hall–Kier alpha value is -0.595. The molecule has 0 radical (unpaired) electrons. The molecule has 0 spiro atoms. The minimum atomic E-state index is 0.442. The van der Waals surface area contributed by atoms with E-state index in [9.17, 15) is 4.70 Å². The van der Waals surface area contributed by atoms with Gasteiger partial charge in [-0.2, -0.15) is 0 Å². The molecule has 0 fully saturated rings. The molecule has 0 rings (SSSR count). The van der Waals surface area contributed by atoms with Crippen LogP contribution < -0.4 is 0 Å². The van der Waals surface area contributed by atoms with Crippen LogP contribution in [0.1, 0.15) is 51.9 Å². The van der Waals surface area contributed by atoms with E-state index in [1.165, 1.54) is 44.8 Å². The first kappa shape index (κ1) is 12.4. The molecule has 0 saturated carbocycles. The van der Waals surface area contributed by atoms with Gasteiger partial charge in [-0.25, -0.2) is 0 Å². The third-order valence-corrected chi connectivity index (χ3v) is 1.95. The summed E-state index contributed by atoms with van der Waals surface area (Å²) in [6.07, 6.45) is 12.2. The third-order valence-electron chi connectivity index (χ3n) is 1.95. The van der Waals surface area contributed by atoms with Crippen LogP contribution >= 0.6 is 0 Å². The Morgan fingerprint density at radius 1 is 1.15 bits per heavy atom. The minimum absolute atomic E-state index is 0.442. The van der Waals surface area contributed by atoms with E-state index in [1.807, 2.05) is 6.08 Å². The monoisotopic (exact) mass is 182 g/mol. The number of unbranched alkanes of at least 4 members (excludes halogenated alkanes) is 6. The molecule has 13 heavy (non-hydrogen) atoms. The average molecular weight is 182 g/mol. The first-order valence-electron chi connectivity index (χ1n) is 5.16. The molecule has 0 unspecified atom stereocenters. The van der Waals surface area contributed by atoms with Crippen LogP contribution in [0, 0.1) is 0 Å². The molecule has 0 aromatic rings. The van der Waals surface area contributed by atoms with Crippen molar-refractivity contribution in [3.8, 4) is 0 Å². The molecule has 0 atom stereocenters. The Morgan fingerprint density at radius 2 is 1.85 bits per heavy atom. The second kappa shape index (κ2) is 11.4. The second-order valence-corrected chi connectivity index (χ2v) is 3.16. The summed E-state index contributed by atoms with van der Waals surface area (Å²) in [7, 11) is 0.442. The van der Waals surface area contributed by atoms with Gasteiger partial charge >= 0.3 is 80.9 Å². The summed E-state index contributed by atoms with van der Waals surface area (Å²) in [5.41, 5.74) is 0. The molecule has 0 heterocycles. The fourth-order valence-corrected chi connectivity index (χ4v) is 1.20. The normalized spacial score (nSPS) is 10.2. The van der Waals surface area contributed by atoms with Crippen molar-refractivity contribution in [3.05, 3.63) is 12.3 Å². The van der Waals surface area contributed by atoms with Gasteiger partial charge in [-0.1, -0.05) is 0 Å². The summed E-state index contributed by atoms with van der Waals surface area (Å²) in [6, 6.07) is 0. The summed E-state index contributed by atoms with van der Waals surface area (Å²) in [6.45, 7) is 2.22. The summed E-state index contributed by atoms with van der Waals surface area (Å²) >= 11 is 0. The zero-order valence-corrected chi connectivity index (χ0v) is 8.50. The fraction of sp³-hybridized carbons (Fsp3) is 0.800. The molecule has 74 valence electrons. The Labute approximate surface area is 81.6 Å². The van der Waals surface area contributed by atoms with Gasteiger partial charge in [-0.3, -0.25) is 0 Å². The quantitative estimate of drug-likeness (QED) is 0.311. The van der Waals surface area contributed by atoms with E-state index >= 15 is 0 Å². The predicted octanol–water partition coefficient (Wildman–Crippen LogP) is 3.23. The van der Waals surface area contributed by atoms with Gasteiger partial charge in [0.1, 0.15) is 0 Å². The van der Waals surface area contributed by atoms with E-state index in [1.54, 1.807) is 0 Å². The molecule has 3 heteroatoms. The van der Waals surface area contributed by atoms with Gasteiger partial charge in [0.05, 0.1) is 0 Å². The Balaban J connectivity index is 2.94. The van der Waals surface area contributed by atoms with Crippen molar-refractivity contribution in [2.24, 2.45) is 0 Å². The molecule has 0 N–H and O–H groups in total. The fourth-order valence-electron chi connectivity index (χ4n) is 1.20. The number of rotatable bonds is 9. The van der Waals surface area contributed by atoms with Crippen molar-refractivity contribution in [2.75, 3.05) is 0 Å². The molecule has 0 saturated heterocycles. The zero-order chi connectivity index (χ0) is 9.78. The van der Waals surface area contributed by atoms with Crippen LogP contribution in [0.5, 0.6) is 0 Å². The SMILES string of the molecule is CCCCCCCCC=COB=O. The topological polar surface area (TPSA) is 26.3 Å². The van der Waals surface area contributed by atoms with E-state index in [-0.39, 0.29) is 0 Å². The number of allylic oxidation sites excluding steroid dienone is 1. The third kappa shape index (κ3) is 11.4. The van der Waals surface area contributed by atoms with E-state index in [2.05, 4.69) is 11.6 Å². The summed E-state index contributed by atoms with van der Waals surface area (Å²) < 4.78 is 14.2. The summed E-state index contributed by atoms with van der Waals surface area (Å²) in [5, 5.41) is 0. The second-order valence-electron chi connectivity index (χ2n) is 3.16. The van der Waals surface area contributed by atoms with Gasteiger partial charge < -0.3 is 0 Å². The maximum absolute atomic E-state index is 9.74. The molecule has 0 aliphatic rings. The van der Waals surface area contributed by atoms with Crippen molar-refractivity contribution in [2.45, 2.75) is 51.9 Å². The molecule has 2 nitrogen and oxygen atoms in total. The molecule has 0 aliphatic heterocycles. The Kier molecular flexibility index (Phi) is 10.9. The van der Waals surface area contributed by atoms with Gasteiger partial charge in [0.25, 0.3) is 0 Å². The standard InChI is InChI=1S/C10H19BO2/c1-2-3-4-5-6-7-8-9-10-13-11-12/h9-10H,2-8H2,1H3. The number of hydrogen-bond acceptors (Lipinski definition) is 2. The molecule has 0 aliphatic carbocycles. The maximum atomic E-state index is 9.74. The van der Waals surface area contributed by atoms with Crippen molar-refractivity contribution >= 4 is 7.35 Å².